The van der Waals surface area contributed by atoms with Gasteiger partial charge in [0.05, 0.1) is 6.04 Å². The molecule has 134 valence electrons. The number of aryl methyl sites for hydroxylation is 1. The lowest BCUT2D eigenvalue weighted by Gasteiger charge is -2.25. The van der Waals surface area contributed by atoms with Crippen LogP contribution in [0.5, 0.6) is 5.75 Å². The molecule has 6 nitrogen and oxygen atoms in total. The van der Waals surface area contributed by atoms with Gasteiger partial charge in [-0.15, -0.1) is 0 Å². The number of carbonyl (C=O) groups excluding carboxylic acids is 2. The Morgan fingerprint density at radius 3 is 2.46 bits per heavy atom. The van der Waals surface area contributed by atoms with Crippen LogP contribution in [0.3, 0.4) is 0 Å². The average molecular weight is 335 g/mol. The highest BCUT2D eigenvalue weighted by Crippen LogP contribution is 2.15. The number of hydrogen-bond acceptors (Lipinski definition) is 4. The quantitative estimate of drug-likeness (QED) is 0.837. The van der Waals surface area contributed by atoms with Crippen molar-refractivity contribution in [1.29, 1.82) is 0 Å². The molecule has 0 spiro atoms. The van der Waals surface area contributed by atoms with Gasteiger partial charge >= 0.3 is 6.03 Å². The summed E-state index contributed by atoms with van der Waals surface area (Å²) in [6.45, 7) is 10.4. The molecule has 0 heterocycles. The lowest BCUT2D eigenvalue weighted by atomic mass is 10.1. The van der Waals surface area contributed by atoms with E-state index in [1.165, 1.54) is 0 Å². The van der Waals surface area contributed by atoms with Crippen LogP contribution in [0.2, 0.25) is 0 Å². The number of hydrogen-bond donors (Lipinski definition) is 2. The lowest BCUT2D eigenvalue weighted by molar-refractivity contribution is -0.124. The van der Waals surface area contributed by atoms with Gasteiger partial charge in [0.1, 0.15) is 12.4 Å². The first-order chi connectivity index (χ1) is 11.1. The second kappa shape index (κ2) is 8.68. The zero-order valence-electron chi connectivity index (χ0n) is 15.5. The Morgan fingerprint density at radius 1 is 1.25 bits per heavy atom. The first kappa shape index (κ1) is 20.0. The number of ether oxygens (including phenoxy) is 1. The molecule has 2 N–H and O–H groups in total. The molecule has 0 radical (unpaired) electrons. The van der Waals surface area contributed by atoms with E-state index in [0.29, 0.717) is 13.2 Å². The Morgan fingerprint density at radius 2 is 1.88 bits per heavy atom. The van der Waals surface area contributed by atoms with E-state index >= 15 is 0 Å². The number of nitrogens with one attached hydrogen (secondary N) is 2. The van der Waals surface area contributed by atoms with Gasteiger partial charge in [0, 0.05) is 12.1 Å². The number of amides is 3. The van der Waals surface area contributed by atoms with Crippen molar-refractivity contribution in [3.8, 4) is 5.75 Å². The van der Waals surface area contributed by atoms with Crippen LogP contribution in [0.4, 0.5) is 4.79 Å². The third-order valence-corrected chi connectivity index (χ3v) is 3.56. The number of para-hydroxylation sites is 1. The van der Waals surface area contributed by atoms with Crippen LogP contribution >= 0.6 is 0 Å². The van der Waals surface area contributed by atoms with Crippen molar-refractivity contribution in [1.82, 2.24) is 15.5 Å². The van der Waals surface area contributed by atoms with Gasteiger partial charge < -0.3 is 10.1 Å². The first-order valence-corrected chi connectivity index (χ1v) is 8.12. The molecule has 1 rings (SSSR count). The third-order valence-electron chi connectivity index (χ3n) is 3.56. The smallest absolute Gasteiger partial charge is 0.321 e. The number of urea groups is 1. The predicted octanol–water partition coefficient (Wildman–Crippen LogP) is 2.32. The van der Waals surface area contributed by atoms with Gasteiger partial charge in [0.2, 0.25) is 5.91 Å². The summed E-state index contributed by atoms with van der Waals surface area (Å²) in [7, 11) is 1.83. The fourth-order valence-corrected chi connectivity index (χ4v) is 2.00. The molecule has 0 saturated carbocycles. The molecule has 0 aliphatic carbocycles. The van der Waals surface area contributed by atoms with Gasteiger partial charge in [-0.1, -0.05) is 18.2 Å². The van der Waals surface area contributed by atoms with Gasteiger partial charge in [0.15, 0.2) is 0 Å². The maximum absolute atomic E-state index is 12.1. The zero-order chi connectivity index (χ0) is 18.3. The van der Waals surface area contributed by atoms with E-state index in [1.54, 1.807) is 6.92 Å². The molecule has 6 heteroatoms. The van der Waals surface area contributed by atoms with E-state index in [4.69, 9.17) is 4.74 Å². The third kappa shape index (κ3) is 7.00. The minimum absolute atomic E-state index is 0.338. The van der Waals surface area contributed by atoms with E-state index in [9.17, 15) is 9.59 Å². The molecule has 0 saturated heterocycles. The molecular formula is C18H29N3O3. The molecule has 0 aromatic heterocycles. The summed E-state index contributed by atoms with van der Waals surface area (Å²) in [5.41, 5.74) is 0.686. The van der Waals surface area contributed by atoms with Crippen LogP contribution in [-0.4, -0.2) is 48.6 Å². The van der Waals surface area contributed by atoms with Crippen LogP contribution in [-0.2, 0) is 4.79 Å². The van der Waals surface area contributed by atoms with Crippen LogP contribution in [0.1, 0.15) is 33.3 Å². The second-order valence-corrected chi connectivity index (χ2v) is 6.96. The number of nitrogens with zero attached hydrogens (tertiary/aromatic N) is 1. The fourth-order valence-electron chi connectivity index (χ4n) is 2.00. The standard InChI is InChI=1S/C18H29N3O3/c1-13-9-7-8-10-15(13)24-12-11-21(6)14(2)16(22)19-17(23)20-18(3,4)5/h7-10,14H,11-12H2,1-6H3,(H2,19,20,22,23)/t14-/m1/s1. The summed E-state index contributed by atoms with van der Waals surface area (Å²) >= 11 is 0. The molecule has 0 bridgehead atoms. The van der Waals surface area contributed by atoms with Gasteiger partial charge in [0.25, 0.3) is 0 Å². The monoisotopic (exact) mass is 335 g/mol. The van der Waals surface area contributed by atoms with E-state index in [1.807, 2.05) is 63.9 Å². The Labute approximate surface area is 144 Å². The normalized spacial score (nSPS) is 12.6. The molecule has 3 amide bonds. The van der Waals surface area contributed by atoms with E-state index in [0.717, 1.165) is 11.3 Å². The van der Waals surface area contributed by atoms with E-state index in [2.05, 4.69) is 10.6 Å². The van der Waals surface area contributed by atoms with Crippen molar-refractivity contribution >= 4 is 11.9 Å². The molecule has 0 aliphatic heterocycles. The number of rotatable bonds is 6. The van der Waals surface area contributed by atoms with Crippen molar-refractivity contribution in [3.63, 3.8) is 0 Å². The molecule has 1 atom stereocenters. The maximum atomic E-state index is 12.1. The minimum atomic E-state index is -0.482. The number of likely N-dealkylation sites (N-methyl/N-ethyl adjacent to an activating group) is 1. The predicted molar refractivity (Wildman–Crippen MR) is 95.2 cm³/mol. The van der Waals surface area contributed by atoms with Crippen molar-refractivity contribution in [3.05, 3.63) is 29.8 Å². The summed E-state index contributed by atoms with van der Waals surface area (Å²) in [6, 6.07) is 6.88. The summed E-state index contributed by atoms with van der Waals surface area (Å²) in [4.78, 5) is 25.7. The van der Waals surface area contributed by atoms with Crippen molar-refractivity contribution in [2.75, 3.05) is 20.2 Å². The first-order valence-electron chi connectivity index (χ1n) is 8.12. The summed E-state index contributed by atoms with van der Waals surface area (Å²) in [6.07, 6.45) is 0. The topological polar surface area (TPSA) is 70.7 Å². The summed E-state index contributed by atoms with van der Waals surface area (Å²) in [5.74, 6) is 0.503. The number of imide groups is 1. The summed E-state index contributed by atoms with van der Waals surface area (Å²) < 4.78 is 5.73. The zero-order valence-corrected chi connectivity index (χ0v) is 15.5. The highest BCUT2D eigenvalue weighted by atomic mass is 16.5. The summed E-state index contributed by atoms with van der Waals surface area (Å²) in [5, 5.41) is 5.06. The largest absolute Gasteiger partial charge is 0.492 e. The highest BCUT2D eigenvalue weighted by Gasteiger charge is 2.22. The van der Waals surface area contributed by atoms with Gasteiger partial charge in [-0.25, -0.2) is 4.79 Å². The van der Waals surface area contributed by atoms with Gasteiger partial charge in [-0.05, 0) is 53.3 Å². The van der Waals surface area contributed by atoms with Gasteiger partial charge in [-0.2, -0.15) is 0 Å². The maximum Gasteiger partial charge on any atom is 0.321 e. The van der Waals surface area contributed by atoms with E-state index < -0.39 is 12.1 Å². The molecule has 1 aromatic carbocycles. The molecule has 0 fully saturated rings. The van der Waals surface area contributed by atoms with E-state index in [-0.39, 0.29) is 11.4 Å². The SMILES string of the molecule is Cc1ccccc1OCCN(C)[C@H](C)C(=O)NC(=O)NC(C)(C)C. The fraction of sp³-hybridized carbons (Fsp3) is 0.556. The molecule has 0 unspecified atom stereocenters. The molecular weight excluding hydrogens is 306 g/mol. The Kier molecular flexibility index (Phi) is 7.22. The van der Waals surface area contributed by atoms with Crippen LogP contribution in [0, 0.1) is 6.92 Å². The number of benzene rings is 1. The minimum Gasteiger partial charge on any atom is -0.492 e. The van der Waals surface area contributed by atoms with Crippen molar-refractivity contribution in [2.45, 2.75) is 46.2 Å². The van der Waals surface area contributed by atoms with Crippen LogP contribution < -0.4 is 15.4 Å². The number of carbonyl (C=O) groups is 2. The molecule has 0 aliphatic rings. The van der Waals surface area contributed by atoms with Crippen LogP contribution in [0.15, 0.2) is 24.3 Å². The highest BCUT2D eigenvalue weighted by molar-refractivity contribution is 5.97. The van der Waals surface area contributed by atoms with Gasteiger partial charge in [-0.3, -0.25) is 15.0 Å². The average Bonchev–Trinajstić information content (AvgIpc) is 2.46. The Bertz CT molecular complexity index is 567. The second-order valence-electron chi connectivity index (χ2n) is 6.96. The Hall–Kier alpha value is -2.08. The van der Waals surface area contributed by atoms with Crippen LogP contribution in [0.25, 0.3) is 0 Å². The molecule has 24 heavy (non-hydrogen) atoms. The Balaban J connectivity index is 2.41. The molecule has 1 aromatic rings. The van der Waals surface area contributed by atoms with Crippen molar-refractivity contribution < 1.29 is 14.3 Å². The van der Waals surface area contributed by atoms with Crippen molar-refractivity contribution in [2.24, 2.45) is 0 Å². The lowest BCUT2D eigenvalue weighted by Crippen LogP contribution is -2.52.